The molecule has 0 saturated carbocycles. The van der Waals surface area contributed by atoms with E-state index in [9.17, 15) is 0 Å². The maximum Gasteiger partial charge on any atom is 0.232 e. The minimum Gasteiger partial charge on any atom is -0.480 e. The Morgan fingerprint density at radius 3 is 2.47 bits per heavy atom. The number of nitrogens with zero attached hydrogens (tertiary/aromatic N) is 3. The normalized spacial score (nSPS) is 11.4. The molecule has 1 heterocycles. The van der Waals surface area contributed by atoms with E-state index in [-0.39, 0.29) is 0 Å². The third-order valence-corrected chi connectivity index (χ3v) is 3.43. The van der Waals surface area contributed by atoms with Gasteiger partial charge in [0.25, 0.3) is 0 Å². The summed E-state index contributed by atoms with van der Waals surface area (Å²) in [6, 6.07) is 1.06. The highest BCUT2D eigenvalue weighted by Gasteiger charge is 2.12. The molecule has 19 heavy (non-hydrogen) atoms. The molecule has 0 bridgehead atoms. The zero-order valence-electron chi connectivity index (χ0n) is 12.3. The fraction of sp³-hybridized carbons (Fsp3) is 0.692. The van der Waals surface area contributed by atoms with Crippen LogP contribution in [0.3, 0.4) is 0 Å². The van der Waals surface area contributed by atoms with Gasteiger partial charge in [-0.25, -0.2) is 4.98 Å². The van der Waals surface area contributed by atoms with Crippen molar-refractivity contribution in [3.8, 4) is 5.88 Å². The summed E-state index contributed by atoms with van der Waals surface area (Å²) in [6.45, 7) is 10.6. The van der Waals surface area contributed by atoms with Crippen molar-refractivity contribution >= 4 is 21.9 Å². The van der Waals surface area contributed by atoms with Crippen LogP contribution >= 0.6 is 15.9 Å². The SMILES string of the molecule is COc1nc(NCCN(C(C)C)C(C)C)ncc1Br. The first-order valence-electron chi connectivity index (χ1n) is 6.51. The van der Waals surface area contributed by atoms with Gasteiger partial charge in [0, 0.05) is 25.2 Å². The predicted molar refractivity (Wildman–Crippen MR) is 81.8 cm³/mol. The van der Waals surface area contributed by atoms with E-state index in [1.54, 1.807) is 13.3 Å². The zero-order valence-corrected chi connectivity index (χ0v) is 13.9. The molecule has 0 radical (unpaired) electrons. The van der Waals surface area contributed by atoms with E-state index < -0.39 is 0 Å². The number of hydrogen-bond acceptors (Lipinski definition) is 5. The van der Waals surface area contributed by atoms with E-state index in [1.165, 1.54) is 0 Å². The van der Waals surface area contributed by atoms with Gasteiger partial charge in [-0.3, -0.25) is 4.90 Å². The number of aromatic nitrogens is 2. The first-order chi connectivity index (χ1) is 8.95. The van der Waals surface area contributed by atoms with Gasteiger partial charge in [-0.1, -0.05) is 0 Å². The van der Waals surface area contributed by atoms with E-state index >= 15 is 0 Å². The molecule has 0 amide bonds. The first-order valence-corrected chi connectivity index (χ1v) is 7.31. The molecule has 1 N–H and O–H groups in total. The minimum atomic E-state index is 0.530. The second-order valence-corrected chi connectivity index (χ2v) is 5.76. The Hall–Kier alpha value is -0.880. The van der Waals surface area contributed by atoms with Crippen LogP contribution in [0.4, 0.5) is 5.95 Å². The van der Waals surface area contributed by atoms with Crippen LogP contribution in [0.2, 0.25) is 0 Å². The molecule has 0 atom stereocenters. The van der Waals surface area contributed by atoms with Gasteiger partial charge in [-0.15, -0.1) is 0 Å². The molecule has 6 heteroatoms. The van der Waals surface area contributed by atoms with Gasteiger partial charge in [0.2, 0.25) is 11.8 Å². The maximum absolute atomic E-state index is 5.14. The monoisotopic (exact) mass is 330 g/mol. The Kier molecular flexibility index (Phi) is 6.51. The average molecular weight is 331 g/mol. The quantitative estimate of drug-likeness (QED) is 0.833. The van der Waals surface area contributed by atoms with Gasteiger partial charge in [-0.05, 0) is 43.6 Å². The smallest absolute Gasteiger partial charge is 0.232 e. The fourth-order valence-electron chi connectivity index (χ4n) is 1.99. The Labute approximate surface area is 123 Å². The molecule has 0 saturated heterocycles. The molecule has 0 aliphatic carbocycles. The number of methoxy groups -OCH3 is 1. The zero-order chi connectivity index (χ0) is 14.4. The Balaban J connectivity index is 2.53. The third kappa shape index (κ3) is 4.95. The molecule has 0 unspecified atom stereocenters. The van der Waals surface area contributed by atoms with E-state index in [0.717, 1.165) is 17.6 Å². The molecule has 0 aliphatic heterocycles. The summed E-state index contributed by atoms with van der Waals surface area (Å²) in [4.78, 5) is 10.9. The van der Waals surface area contributed by atoms with Gasteiger partial charge in [0.1, 0.15) is 0 Å². The summed E-state index contributed by atoms with van der Waals surface area (Å²) in [5, 5.41) is 3.22. The Morgan fingerprint density at radius 1 is 1.32 bits per heavy atom. The Bertz CT molecular complexity index is 390. The van der Waals surface area contributed by atoms with Crippen molar-refractivity contribution in [3.05, 3.63) is 10.7 Å². The molecule has 0 aliphatic rings. The summed E-state index contributed by atoms with van der Waals surface area (Å²) in [5.74, 6) is 1.13. The molecule has 0 aromatic carbocycles. The highest BCUT2D eigenvalue weighted by molar-refractivity contribution is 9.10. The van der Waals surface area contributed by atoms with Crippen molar-refractivity contribution in [2.75, 3.05) is 25.5 Å². The van der Waals surface area contributed by atoms with Crippen LogP contribution in [0.1, 0.15) is 27.7 Å². The molecule has 0 fully saturated rings. The van der Waals surface area contributed by atoms with Crippen molar-refractivity contribution in [2.24, 2.45) is 0 Å². The molecule has 1 aromatic heterocycles. The number of halogens is 1. The second-order valence-electron chi connectivity index (χ2n) is 4.90. The highest BCUT2D eigenvalue weighted by Crippen LogP contribution is 2.21. The van der Waals surface area contributed by atoms with Crippen LogP contribution in [0.25, 0.3) is 0 Å². The lowest BCUT2D eigenvalue weighted by Crippen LogP contribution is -2.40. The number of anilines is 1. The van der Waals surface area contributed by atoms with Crippen LogP contribution in [-0.2, 0) is 0 Å². The van der Waals surface area contributed by atoms with E-state index in [2.05, 4.69) is 63.8 Å². The summed E-state index contributed by atoms with van der Waals surface area (Å²) in [5.41, 5.74) is 0. The maximum atomic E-state index is 5.14. The third-order valence-electron chi connectivity index (χ3n) is 2.88. The van der Waals surface area contributed by atoms with E-state index in [0.29, 0.717) is 23.9 Å². The summed E-state index contributed by atoms with van der Waals surface area (Å²) in [6.07, 6.45) is 1.69. The van der Waals surface area contributed by atoms with Gasteiger partial charge >= 0.3 is 0 Å². The molecule has 1 rings (SSSR count). The fourth-order valence-corrected chi connectivity index (χ4v) is 2.34. The average Bonchev–Trinajstić information content (AvgIpc) is 2.35. The van der Waals surface area contributed by atoms with Crippen molar-refractivity contribution in [2.45, 2.75) is 39.8 Å². The largest absolute Gasteiger partial charge is 0.480 e. The highest BCUT2D eigenvalue weighted by atomic mass is 79.9. The molecular weight excluding hydrogens is 308 g/mol. The van der Waals surface area contributed by atoms with Crippen LogP contribution in [0, 0.1) is 0 Å². The second kappa shape index (κ2) is 7.65. The predicted octanol–water partition coefficient (Wildman–Crippen LogP) is 2.78. The lowest BCUT2D eigenvalue weighted by atomic mass is 10.2. The van der Waals surface area contributed by atoms with Crippen LogP contribution < -0.4 is 10.1 Å². The van der Waals surface area contributed by atoms with Crippen molar-refractivity contribution in [3.63, 3.8) is 0 Å². The molecular formula is C13H23BrN4O. The number of nitrogens with one attached hydrogen (secondary N) is 1. The van der Waals surface area contributed by atoms with Gasteiger partial charge in [-0.2, -0.15) is 4.98 Å². The molecule has 1 aromatic rings. The topological polar surface area (TPSA) is 50.3 Å². The van der Waals surface area contributed by atoms with Crippen molar-refractivity contribution in [1.82, 2.24) is 14.9 Å². The number of ether oxygens (including phenoxy) is 1. The molecule has 5 nitrogen and oxygen atoms in total. The van der Waals surface area contributed by atoms with E-state index in [4.69, 9.17) is 4.74 Å². The van der Waals surface area contributed by atoms with Crippen LogP contribution in [0.5, 0.6) is 5.88 Å². The Morgan fingerprint density at radius 2 is 1.95 bits per heavy atom. The van der Waals surface area contributed by atoms with Gasteiger partial charge in [0.15, 0.2) is 0 Å². The molecule has 0 spiro atoms. The van der Waals surface area contributed by atoms with Gasteiger partial charge in [0.05, 0.1) is 17.8 Å². The van der Waals surface area contributed by atoms with Crippen molar-refractivity contribution in [1.29, 1.82) is 0 Å². The minimum absolute atomic E-state index is 0.530. The summed E-state index contributed by atoms with van der Waals surface area (Å²) < 4.78 is 5.90. The van der Waals surface area contributed by atoms with Crippen molar-refractivity contribution < 1.29 is 4.74 Å². The lowest BCUT2D eigenvalue weighted by Gasteiger charge is -2.30. The van der Waals surface area contributed by atoms with Gasteiger partial charge < -0.3 is 10.1 Å². The lowest BCUT2D eigenvalue weighted by molar-refractivity contribution is 0.182. The standard InChI is InChI=1S/C13H23BrN4O/c1-9(2)18(10(3)4)7-6-15-13-16-8-11(14)12(17-13)19-5/h8-10H,6-7H2,1-5H3,(H,15,16,17). The van der Waals surface area contributed by atoms with Crippen LogP contribution in [-0.4, -0.2) is 47.2 Å². The molecule has 108 valence electrons. The summed E-state index contributed by atoms with van der Waals surface area (Å²) >= 11 is 3.33. The first kappa shape index (κ1) is 16.2. The number of rotatable bonds is 7. The summed E-state index contributed by atoms with van der Waals surface area (Å²) in [7, 11) is 1.59. The van der Waals surface area contributed by atoms with Crippen LogP contribution in [0.15, 0.2) is 10.7 Å². The van der Waals surface area contributed by atoms with E-state index in [1.807, 2.05) is 0 Å². The number of hydrogen-bond donors (Lipinski definition) is 1.